The molecule has 0 unspecified atom stereocenters. The highest BCUT2D eigenvalue weighted by molar-refractivity contribution is 7.89. The lowest BCUT2D eigenvalue weighted by Crippen LogP contribution is -2.19. The quantitative estimate of drug-likeness (QED) is 0.568. The Morgan fingerprint density at radius 3 is 2.37 bits per heavy atom. The molecule has 1 aromatic heterocycles. The second-order valence-electron chi connectivity index (χ2n) is 6.19. The number of esters is 1. The fraction of sp³-hybridized carbons (Fsp3) is 0.211. The maximum absolute atomic E-state index is 12.7. The Kier molecular flexibility index (Phi) is 6.46. The minimum absolute atomic E-state index is 0.0218. The largest absolute Gasteiger partial charge is 0.465 e. The molecule has 9 nitrogen and oxygen atoms in total. The SMILES string of the molecule is COCCn1c(=NC(=O)c2ccc(C(=O)OC)cc2)sc2cc(S(N)(=O)=O)ccc21. The van der Waals surface area contributed by atoms with Gasteiger partial charge in [0.1, 0.15) is 0 Å². The van der Waals surface area contributed by atoms with Crippen LogP contribution in [0, 0.1) is 0 Å². The van der Waals surface area contributed by atoms with E-state index < -0.39 is 21.9 Å². The number of hydrogen-bond donors (Lipinski definition) is 1. The van der Waals surface area contributed by atoms with Crippen LogP contribution in [0.15, 0.2) is 52.4 Å². The predicted molar refractivity (Wildman–Crippen MR) is 111 cm³/mol. The van der Waals surface area contributed by atoms with Crippen molar-refractivity contribution >= 4 is 43.5 Å². The molecule has 0 spiro atoms. The first kappa shape index (κ1) is 21.8. The maximum Gasteiger partial charge on any atom is 0.337 e. The molecular weight excluding hydrogens is 430 g/mol. The van der Waals surface area contributed by atoms with Gasteiger partial charge in [0.2, 0.25) is 10.0 Å². The summed E-state index contributed by atoms with van der Waals surface area (Å²) in [4.78, 5) is 28.7. The van der Waals surface area contributed by atoms with E-state index in [0.717, 1.165) is 0 Å². The number of rotatable bonds is 6. The van der Waals surface area contributed by atoms with Crippen molar-refractivity contribution in [2.24, 2.45) is 10.1 Å². The zero-order valence-corrected chi connectivity index (χ0v) is 17.8. The monoisotopic (exact) mass is 449 g/mol. The zero-order valence-electron chi connectivity index (χ0n) is 16.2. The summed E-state index contributed by atoms with van der Waals surface area (Å²) in [6.07, 6.45) is 0. The molecule has 0 aliphatic heterocycles. The molecule has 0 aliphatic rings. The van der Waals surface area contributed by atoms with Gasteiger partial charge in [0.25, 0.3) is 5.91 Å². The van der Waals surface area contributed by atoms with Crippen LogP contribution in [0.4, 0.5) is 0 Å². The van der Waals surface area contributed by atoms with Crippen molar-refractivity contribution in [3.63, 3.8) is 0 Å². The Labute approximate surface area is 176 Å². The lowest BCUT2D eigenvalue weighted by atomic mass is 10.1. The van der Waals surface area contributed by atoms with Crippen LogP contribution in [0.3, 0.4) is 0 Å². The van der Waals surface area contributed by atoms with E-state index in [1.807, 2.05) is 0 Å². The Hall–Kier alpha value is -2.86. The molecule has 0 radical (unpaired) electrons. The molecule has 0 aliphatic carbocycles. The molecular formula is C19H19N3O6S2. The Bertz CT molecular complexity index is 1270. The summed E-state index contributed by atoms with van der Waals surface area (Å²) >= 11 is 1.17. The molecule has 3 rings (SSSR count). The van der Waals surface area contributed by atoms with E-state index in [4.69, 9.17) is 9.88 Å². The number of nitrogens with two attached hydrogens (primary N) is 1. The summed E-state index contributed by atoms with van der Waals surface area (Å²) in [6.45, 7) is 0.788. The van der Waals surface area contributed by atoms with Gasteiger partial charge in [0.15, 0.2) is 4.80 Å². The summed E-state index contributed by atoms with van der Waals surface area (Å²) < 4.78 is 35.5. The summed E-state index contributed by atoms with van der Waals surface area (Å²) in [5, 5.41) is 5.21. The fourth-order valence-electron chi connectivity index (χ4n) is 2.73. The molecule has 0 saturated carbocycles. The number of aromatic nitrogens is 1. The van der Waals surface area contributed by atoms with Crippen molar-refractivity contribution in [3.8, 4) is 0 Å². The van der Waals surface area contributed by atoms with Gasteiger partial charge in [-0.05, 0) is 42.5 Å². The molecule has 0 fully saturated rings. The first-order valence-corrected chi connectivity index (χ1v) is 11.0. The molecule has 0 bridgehead atoms. The van der Waals surface area contributed by atoms with Crippen LogP contribution in [0.25, 0.3) is 10.2 Å². The summed E-state index contributed by atoms with van der Waals surface area (Å²) in [5.74, 6) is -1.01. The Morgan fingerprint density at radius 2 is 1.77 bits per heavy atom. The third-order valence-corrected chi connectivity index (χ3v) is 6.20. The summed E-state index contributed by atoms with van der Waals surface area (Å²) in [7, 11) is -1.03. The molecule has 158 valence electrons. The van der Waals surface area contributed by atoms with Crippen molar-refractivity contribution in [3.05, 3.63) is 58.4 Å². The Balaban J connectivity index is 2.07. The average Bonchev–Trinajstić information content (AvgIpc) is 3.07. The van der Waals surface area contributed by atoms with Gasteiger partial charge < -0.3 is 14.0 Å². The number of fused-ring (bicyclic) bond motifs is 1. The summed E-state index contributed by atoms with van der Waals surface area (Å²) in [5.41, 5.74) is 1.32. The number of ether oxygens (including phenoxy) is 2. The van der Waals surface area contributed by atoms with Crippen LogP contribution in [-0.2, 0) is 26.0 Å². The van der Waals surface area contributed by atoms with Gasteiger partial charge in [-0.2, -0.15) is 4.99 Å². The fourth-order valence-corrected chi connectivity index (χ4v) is 4.44. The highest BCUT2D eigenvalue weighted by atomic mass is 32.2. The number of methoxy groups -OCH3 is 2. The number of carbonyl (C=O) groups excluding carboxylic acids is 2. The molecule has 2 aromatic carbocycles. The van der Waals surface area contributed by atoms with E-state index >= 15 is 0 Å². The van der Waals surface area contributed by atoms with Gasteiger partial charge in [-0.3, -0.25) is 4.79 Å². The van der Waals surface area contributed by atoms with Crippen LogP contribution in [0.5, 0.6) is 0 Å². The number of carbonyl (C=O) groups is 2. The number of hydrogen-bond acceptors (Lipinski definition) is 7. The number of nitrogens with zero attached hydrogens (tertiary/aromatic N) is 2. The van der Waals surface area contributed by atoms with Crippen LogP contribution < -0.4 is 9.94 Å². The van der Waals surface area contributed by atoms with Crippen molar-refractivity contribution in [2.45, 2.75) is 11.4 Å². The first-order chi connectivity index (χ1) is 14.2. The lowest BCUT2D eigenvalue weighted by Gasteiger charge is -2.05. The number of benzene rings is 2. The van der Waals surface area contributed by atoms with Crippen LogP contribution in [-0.4, -0.2) is 45.7 Å². The first-order valence-electron chi connectivity index (χ1n) is 8.67. The molecule has 2 N–H and O–H groups in total. The average molecular weight is 450 g/mol. The molecule has 0 atom stereocenters. The molecule has 1 heterocycles. The molecule has 1 amide bonds. The van der Waals surface area contributed by atoms with E-state index in [0.29, 0.717) is 39.3 Å². The third kappa shape index (κ3) is 4.65. The zero-order chi connectivity index (χ0) is 21.9. The van der Waals surface area contributed by atoms with E-state index in [1.165, 1.54) is 54.8 Å². The maximum atomic E-state index is 12.7. The second kappa shape index (κ2) is 8.88. The normalized spacial score (nSPS) is 12.3. The molecule has 3 aromatic rings. The van der Waals surface area contributed by atoms with Crippen molar-refractivity contribution in [2.75, 3.05) is 20.8 Å². The van der Waals surface area contributed by atoms with Gasteiger partial charge in [-0.15, -0.1) is 0 Å². The lowest BCUT2D eigenvalue weighted by molar-refractivity contribution is 0.0600. The van der Waals surface area contributed by atoms with Crippen LogP contribution in [0.2, 0.25) is 0 Å². The van der Waals surface area contributed by atoms with Gasteiger partial charge in [0, 0.05) is 19.2 Å². The summed E-state index contributed by atoms with van der Waals surface area (Å²) in [6, 6.07) is 10.4. The predicted octanol–water partition coefficient (Wildman–Crippen LogP) is 1.52. The number of thiazole rings is 1. The van der Waals surface area contributed by atoms with E-state index in [1.54, 1.807) is 17.7 Å². The van der Waals surface area contributed by atoms with Gasteiger partial charge in [-0.1, -0.05) is 11.3 Å². The van der Waals surface area contributed by atoms with E-state index in [-0.39, 0.29) is 4.90 Å². The molecule has 11 heteroatoms. The highest BCUT2D eigenvalue weighted by Crippen LogP contribution is 2.21. The number of sulfonamides is 1. The number of amides is 1. The Morgan fingerprint density at radius 1 is 1.10 bits per heavy atom. The highest BCUT2D eigenvalue weighted by Gasteiger charge is 2.14. The van der Waals surface area contributed by atoms with Gasteiger partial charge in [0.05, 0.1) is 34.4 Å². The van der Waals surface area contributed by atoms with Gasteiger partial charge >= 0.3 is 5.97 Å². The second-order valence-corrected chi connectivity index (χ2v) is 8.76. The van der Waals surface area contributed by atoms with E-state index in [2.05, 4.69) is 9.73 Å². The minimum atomic E-state index is -3.86. The van der Waals surface area contributed by atoms with E-state index in [9.17, 15) is 18.0 Å². The number of primary sulfonamides is 1. The topological polar surface area (TPSA) is 130 Å². The van der Waals surface area contributed by atoms with Gasteiger partial charge in [-0.25, -0.2) is 18.4 Å². The van der Waals surface area contributed by atoms with Crippen LogP contribution >= 0.6 is 11.3 Å². The minimum Gasteiger partial charge on any atom is -0.465 e. The van der Waals surface area contributed by atoms with Crippen molar-refractivity contribution < 1.29 is 27.5 Å². The van der Waals surface area contributed by atoms with Crippen molar-refractivity contribution in [1.82, 2.24) is 4.57 Å². The smallest absolute Gasteiger partial charge is 0.337 e. The third-order valence-electron chi connectivity index (χ3n) is 4.25. The van der Waals surface area contributed by atoms with Crippen LogP contribution in [0.1, 0.15) is 20.7 Å². The van der Waals surface area contributed by atoms with Crippen molar-refractivity contribution in [1.29, 1.82) is 0 Å². The molecule has 0 saturated heterocycles. The molecule has 30 heavy (non-hydrogen) atoms. The standard InChI is InChI=1S/C19H19N3O6S2/c1-27-10-9-22-15-8-7-14(30(20,25)26)11-16(15)29-19(22)21-17(23)12-3-5-13(6-4-12)18(24)28-2/h3-8,11H,9-10H2,1-2H3,(H2,20,25,26).